The van der Waals surface area contributed by atoms with E-state index in [2.05, 4.69) is 0 Å². The molecule has 85 heavy (non-hydrogen) atoms. The van der Waals surface area contributed by atoms with Crippen molar-refractivity contribution < 1.29 is 113 Å². The van der Waals surface area contributed by atoms with E-state index >= 15 is 4.79 Å². The Hall–Kier alpha value is -4.78. The Kier molecular flexibility index (Phi) is 37.4. The predicted octanol–water partition coefficient (Wildman–Crippen LogP) is 5.90. The van der Waals surface area contributed by atoms with Crippen molar-refractivity contribution in [2.75, 3.05) is 192 Å². The van der Waals surface area contributed by atoms with Gasteiger partial charge in [0.1, 0.15) is 29.5 Å². The van der Waals surface area contributed by atoms with Crippen LogP contribution in [-0.2, 0) is 83.0 Å². The molecule has 1 aromatic heterocycles. The number of nitrogens with zero attached hydrogens (tertiary/aromatic N) is 1. The molecule has 0 spiro atoms. The van der Waals surface area contributed by atoms with Gasteiger partial charge < -0.3 is 85.6 Å². The molecule has 24 nitrogen and oxygen atoms in total. The summed E-state index contributed by atoms with van der Waals surface area (Å²) in [6, 6.07) is 13.1. The number of hydrogen-bond acceptors (Lipinski definition) is 21. The number of aromatic carboxylic acids is 1. The minimum atomic E-state index is -4.36. The van der Waals surface area contributed by atoms with E-state index in [-0.39, 0.29) is 95.9 Å². The van der Waals surface area contributed by atoms with Gasteiger partial charge in [-0.15, -0.1) is 0 Å². The number of hydrogen-bond donors (Lipinski definition) is 2. The van der Waals surface area contributed by atoms with Crippen LogP contribution in [0.2, 0.25) is 0 Å². The molecule has 1 heterocycles. The second-order valence-electron chi connectivity index (χ2n) is 19.3. The Morgan fingerprint density at radius 3 is 1.16 bits per heavy atom. The molecule has 25 heteroatoms. The molecule has 0 bridgehead atoms. The number of carboxylic acids is 1. The summed E-state index contributed by atoms with van der Waals surface area (Å²) in [6.07, 6.45) is 0.451. The highest BCUT2D eigenvalue weighted by Gasteiger charge is 2.29. The Labute approximate surface area is 500 Å². The van der Waals surface area contributed by atoms with Crippen LogP contribution in [0, 0.1) is 13.8 Å². The fraction of sp³-hybridized carbons (Fsp3) is 0.650. The summed E-state index contributed by atoms with van der Waals surface area (Å²) in [5.41, 5.74) is 1.88. The Balaban J connectivity index is 1.77. The first-order chi connectivity index (χ1) is 41.3. The molecule has 0 saturated heterocycles. The summed E-state index contributed by atoms with van der Waals surface area (Å²) in [5, 5.41) is 10.5. The fourth-order valence-electron chi connectivity index (χ4n) is 8.38. The lowest BCUT2D eigenvalue weighted by Crippen LogP contribution is -2.37. The summed E-state index contributed by atoms with van der Waals surface area (Å²) in [6.45, 7) is 16.4. The maximum absolute atomic E-state index is 15.2. The van der Waals surface area contributed by atoms with Crippen LogP contribution in [0.1, 0.15) is 65.0 Å². The van der Waals surface area contributed by atoms with Crippen LogP contribution < -0.4 is 18.8 Å². The quantitative estimate of drug-likeness (QED) is 0.0130. The van der Waals surface area contributed by atoms with E-state index < -0.39 is 40.0 Å². The second-order valence-corrected chi connectivity index (χ2v) is 20.9. The zero-order valence-corrected chi connectivity index (χ0v) is 51.3. The topological polar surface area (TPSA) is 270 Å². The normalized spacial score (nSPS) is 11.9. The lowest BCUT2D eigenvalue weighted by molar-refractivity contribution is -0.645. The minimum absolute atomic E-state index is 0.00408. The van der Waals surface area contributed by atoms with E-state index in [1.807, 2.05) is 18.4 Å². The molecule has 0 aliphatic carbocycles. The van der Waals surface area contributed by atoms with Gasteiger partial charge in [-0.3, -0.25) is 4.55 Å². The first-order valence-corrected chi connectivity index (χ1v) is 30.6. The summed E-state index contributed by atoms with van der Waals surface area (Å²) >= 11 is 0. The number of pyridine rings is 1. The molecule has 0 amide bonds. The number of carbonyl (C=O) groups is 2. The van der Waals surface area contributed by atoms with E-state index in [0.717, 1.165) is 12.8 Å². The maximum atomic E-state index is 15.2. The molecule has 0 radical (unpaired) electrons. The first kappa shape index (κ1) is 72.7. The van der Waals surface area contributed by atoms with Crippen LogP contribution in [0.25, 0.3) is 21.8 Å². The van der Waals surface area contributed by atoms with Crippen molar-refractivity contribution in [1.82, 2.24) is 0 Å². The van der Waals surface area contributed by atoms with Crippen molar-refractivity contribution in [3.8, 4) is 17.2 Å². The molecule has 4 rings (SSSR count). The van der Waals surface area contributed by atoms with Crippen molar-refractivity contribution in [3.05, 3.63) is 70.8 Å². The number of methoxy groups -OCH3 is 2. The van der Waals surface area contributed by atoms with Crippen molar-refractivity contribution in [2.45, 2.75) is 65.7 Å². The van der Waals surface area contributed by atoms with Gasteiger partial charge in [-0.25, -0.2) is 9.59 Å². The van der Waals surface area contributed by atoms with Gasteiger partial charge in [0, 0.05) is 46.0 Å². The van der Waals surface area contributed by atoms with E-state index in [0.29, 0.717) is 150 Å². The number of fused-ring (bicyclic) bond motifs is 2. The molecular formula is C60H92NO23S+. The maximum Gasteiger partial charge on any atom is 0.345 e. The van der Waals surface area contributed by atoms with Crippen LogP contribution in [0.4, 0.5) is 0 Å². The fourth-order valence-corrected chi connectivity index (χ4v) is 8.87. The zero-order valence-electron chi connectivity index (χ0n) is 50.5. The summed E-state index contributed by atoms with van der Waals surface area (Å²) in [7, 11) is -1.16. The highest BCUT2D eigenvalue weighted by atomic mass is 32.2. The molecule has 0 aliphatic rings. The monoisotopic (exact) mass is 1230 g/mol. The van der Waals surface area contributed by atoms with Gasteiger partial charge in [0.2, 0.25) is 11.0 Å². The third-order valence-corrected chi connectivity index (χ3v) is 13.1. The average Bonchev–Trinajstić information content (AvgIpc) is 1.29. The molecule has 0 aliphatic heterocycles. The number of carboxylic acid groups (broad SMARTS) is 1. The number of rotatable bonds is 53. The third kappa shape index (κ3) is 29.7. The smallest absolute Gasteiger partial charge is 0.345 e. The lowest BCUT2D eigenvalue weighted by Gasteiger charge is -2.21. The molecule has 0 fully saturated rings. The van der Waals surface area contributed by atoms with Gasteiger partial charge >= 0.3 is 11.9 Å². The summed E-state index contributed by atoms with van der Waals surface area (Å²) < 4.78 is 134. The second kappa shape index (κ2) is 43.8. The predicted molar refractivity (Wildman–Crippen MR) is 314 cm³/mol. The molecule has 3 aromatic carbocycles. The highest BCUT2D eigenvalue weighted by molar-refractivity contribution is 7.85. The van der Waals surface area contributed by atoms with Crippen LogP contribution in [0.3, 0.4) is 0 Å². The van der Waals surface area contributed by atoms with Crippen molar-refractivity contribution in [1.29, 1.82) is 0 Å². The lowest BCUT2D eigenvalue weighted by atomic mass is 10.0. The van der Waals surface area contributed by atoms with Crippen LogP contribution in [0.5, 0.6) is 17.2 Å². The molecule has 480 valence electrons. The summed E-state index contributed by atoms with van der Waals surface area (Å²) in [4.78, 5) is 27.3. The Bertz CT molecular complexity index is 2540. The van der Waals surface area contributed by atoms with Crippen molar-refractivity contribution in [2.24, 2.45) is 0 Å². The Morgan fingerprint density at radius 2 is 0.835 bits per heavy atom. The van der Waals surface area contributed by atoms with Crippen LogP contribution in [0.15, 0.2) is 48.5 Å². The van der Waals surface area contributed by atoms with E-state index in [9.17, 15) is 22.9 Å². The number of carbonyl (C=O) groups excluding carboxylic acids is 1. The van der Waals surface area contributed by atoms with E-state index in [1.165, 1.54) is 12.1 Å². The van der Waals surface area contributed by atoms with Crippen LogP contribution >= 0.6 is 0 Å². The van der Waals surface area contributed by atoms with Gasteiger partial charge in [-0.1, -0.05) is 13.8 Å². The third-order valence-electron chi connectivity index (χ3n) is 12.3. The summed E-state index contributed by atoms with van der Waals surface area (Å²) in [5.74, 6) is -1.70. The number of esters is 1. The molecular weight excluding hydrogens is 1130 g/mol. The van der Waals surface area contributed by atoms with E-state index in [4.69, 9.17) is 80.5 Å². The Morgan fingerprint density at radius 1 is 0.494 bits per heavy atom. The molecule has 0 atom stereocenters. The van der Waals surface area contributed by atoms with Gasteiger partial charge in [0.15, 0.2) is 6.54 Å². The minimum Gasteiger partial charge on any atom is -0.486 e. The van der Waals surface area contributed by atoms with Gasteiger partial charge in [0.25, 0.3) is 10.1 Å². The number of aryl methyl sites for hydroxylation is 3. The van der Waals surface area contributed by atoms with E-state index in [1.54, 1.807) is 64.5 Å². The average molecular weight is 1230 g/mol. The number of benzene rings is 3. The molecule has 4 aromatic rings. The van der Waals surface area contributed by atoms with Crippen molar-refractivity contribution >= 4 is 43.9 Å². The molecule has 0 saturated carbocycles. The van der Waals surface area contributed by atoms with Gasteiger partial charge in [-0.2, -0.15) is 13.0 Å². The molecule has 0 unspecified atom stereocenters. The van der Waals surface area contributed by atoms with Gasteiger partial charge in [-0.05, 0) is 74.2 Å². The van der Waals surface area contributed by atoms with Crippen LogP contribution in [-0.4, -0.2) is 234 Å². The number of aromatic nitrogens is 1. The zero-order chi connectivity index (χ0) is 61.3. The largest absolute Gasteiger partial charge is 0.486 e. The van der Waals surface area contributed by atoms with Gasteiger partial charge in [0.05, 0.1) is 186 Å². The molecule has 2 N–H and O–H groups in total. The standard InChI is InChI=1S/C60H91NO23S/c1-7-15-70-21-23-74-29-33-78-42-51(43-79-34-30-75-24-22-71-16-8-2)82-49-10-12-55-53(40-49)57(60(64)84-58-46(3)38-48(59(62)63)39-47(58)4)54-41-50(11-13-56(54)61(55)14-9-37-85(65,66)67)83-52(44-80-35-31-76-27-25-72-19-17-68-5)45-81-36-32-77-28-26-73-20-18-69-6/h10-13,38-41,51-52H,7-9,14-37,42-45H2,1-6H3,(H-,62,63,65,66,67)/p+1. The SMILES string of the molecule is CCCOCCOCCOCC(COCCOCCOCCC)Oc1ccc2c(c1)c(C(=O)Oc1c(C)cc(C(=O)O)cc1C)c1cc(OC(COCCOCCOCCOC)COCCOCCOCCOC)ccc1[n+]2CCCS(=O)(=O)O. The van der Waals surface area contributed by atoms with Crippen molar-refractivity contribution in [3.63, 3.8) is 0 Å². The first-order valence-electron chi connectivity index (χ1n) is 29.0. The highest BCUT2D eigenvalue weighted by Crippen LogP contribution is 2.34. The number of ether oxygens (including phenoxy) is 17.